The second-order valence-corrected chi connectivity index (χ2v) is 6.69. The number of anilines is 1. The van der Waals surface area contributed by atoms with Crippen LogP contribution in [-0.4, -0.2) is 39.8 Å². The number of amides is 1. The summed E-state index contributed by atoms with van der Waals surface area (Å²) in [6.07, 6.45) is -3.21. The van der Waals surface area contributed by atoms with Crippen molar-refractivity contribution < 1.29 is 37.2 Å². The third-order valence-electron chi connectivity index (χ3n) is 4.33. The number of benzene rings is 2. The van der Waals surface area contributed by atoms with Crippen LogP contribution in [0, 0.1) is 10.1 Å². The highest BCUT2D eigenvalue weighted by Gasteiger charge is 2.30. The van der Waals surface area contributed by atoms with E-state index in [2.05, 4.69) is 10.4 Å². The molecule has 0 fully saturated rings. The fourth-order valence-corrected chi connectivity index (χ4v) is 2.75. The highest BCUT2D eigenvalue weighted by Crippen LogP contribution is 2.30. The van der Waals surface area contributed by atoms with Crippen LogP contribution in [0.25, 0.3) is 5.69 Å². The molecular formula is C21H17F3N4O6. The van der Waals surface area contributed by atoms with Gasteiger partial charge in [0.1, 0.15) is 0 Å². The monoisotopic (exact) mass is 478 g/mol. The molecule has 0 radical (unpaired) electrons. The number of carbonyl (C=O) groups excluding carboxylic acids is 2. The van der Waals surface area contributed by atoms with E-state index < -0.39 is 35.1 Å². The summed E-state index contributed by atoms with van der Waals surface area (Å²) in [6, 6.07) is 9.14. The van der Waals surface area contributed by atoms with E-state index in [0.29, 0.717) is 5.69 Å². The summed E-state index contributed by atoms with van der Waals surface area (Å²) < 4.78 is 49.5. The van der Waals surface area contributed by atoms with Crippen LogP contribution in [0.1, 0.15) is 23.0 Å². The molecule has 0 aliphatic carbocycles. The van der Waals surface area contributed by atoms with Crippen molar-refractivity contribution in [3.8, 4) is 11.4 Å². The number of hydrogen-bond donors (Lipinski definition) is 1. The molecule has 178 valence electrons. The van der Waals surface area contributed by atoms with Crippen LogP contribution < -0.4 is 10.1 Å². The zero-order valence-corrected chi connectivity index (χ0v) is 17.5. The lowest BCUT2D eigenvalue weighted by molar-refractivity contribution is -0.384. The zero-order chi connectivity index (χ0) is 24.9. The summed E-state index contributed by atoms with van der Waals surface area (Å²) in [5, 5.41) is 17.3. The van der Waals surface area contributed by atoms with Crippen LogP contribution in [0.5, 0.6) is 5.75 Å². The molecule has 0 unspecified atom stereocenters. The molecule has 0 bridgehead atoms. The minimum Gasteiger partial charge on any atom is -0.480 e. The van der Waals surface area contributed by atoms with Gasteiger partial charge in [-0.05, 0) is 43.3 Å². The van der Waals surface area contributed by atoms with Gasteiger partial charge in [-0.25, -0.2) is 9.48 Å². The number of nitrogens with one attached hydrogen (secondary N) is 1. The molecule has 0 spiro atoms. The molecule has 13 heteroatoms. The standard InChI is InChI=1S/C21H17F3N4O6/c1-2-33-20(30)19-17(11-27(26-19)15-7-9-16(10-8-15)28(31)32)34-12-18(29)25-14-5-3-13(4-6-14)21(22,23)24/h3-11H,2,12H2,1H3,(H,25,29). The maximum atomic E-state index is 12.6. The molecule has 1 amide bonds. The molecule has 0 aliphatic rings. The first-order valence-electron chi connectivity index (χ1n) is 9.70. The average Bonchev–Trinajstić information content (AvgIpc) is 3.22. The Kier molecular flexibility index (Phi) is 7.14. The van der Waals surface area contributed by atoms with Crippen LogP contribution in [0.15, 0.2) is 54.7 Å². The number of alkyl halides is 3. The van der Waals surface area contributed by atoms with Gasteiger partial charge in [0.15, 0.2) is 12.4 Å². The van der Waals surface area contributed by atoms with E-state index in [9.17, 15) is 32.9 Å². The number of aromatic nitrogens is 2. The number of ether oxygens (including phenoxy) is 2. The van der Waals surface area contributed by atoms with Gasteiger partial charge >= 0.3 is 12.1 Å². The molecular weight excluding hydrogens is 461 g/mol. The van der Waals surface area contributed by atoms with Crippen molar-refractivity contribution in [3.05, 3.63) is 76.1 Å². The van der Waals surface area contributed by atoms with Gasteiger partial charge in [0.2, 0.25) is 5.69 Å². The molecule has 3 rings (SSSR count). The first kappa shape index (κ1) is 24.2. The van der Waals surface area contributed by atoms with Crippen LogP contribution in [0.2, 0.25) is 0 Å². The predicted octanol–water partition coefficient (Wildman–Crippen LogP) is 3.99. The molecule has 1 N–H and O–H groups in total. The summed E-state index contributed by atoms with van der Waals surface area (Å²) in [6.45, 7) is 1.06. The second-order valence-electron chi connectivity index (χ2n) is 6.69. The van der Waals surface area contributed by atoms with E-state index >= 15 is 0 Å². The van der Waals surface area contributed by atoms with Crippen molar-refractivity contribution in [2.45, 2.75) is 13.1 Å². The Labute approximate surface area is 190 Å². The van der Waals surface area contributed by atoms with E-state index in [1.54, 1.807) is 6.92 Å². The molecule has 3 aromatic rings. The van der Waals surface area contributed by atoms with Crippen LogP contribution in [0.3, 0.4) is 0 Å². The summed E-state index contributed by atoms with van der Waals surface area (Å²) in [5.74, 6) is -1.61. The summed E-state index contributed by atoms with van der Waals surface area (Å²) in [7, 11) is 0. The van der Waals surface area contributed by atoms with Gasteiger partial charge < -0.3 is 14.8 Å². The predicted molar refractivity (Wildman–Crippen MR) is 112 cm³/mol. The van der Waals surface area contributed by atoms with Gasteiger partial charge in [0.25, 0.3) is 11.6 Å². The van der Waals surface area contributed by atoms with Crippen LogP contribution >= 0.6 is 0 Å². The fourth-order valence-electron chi connectivity index (χ4n) is 2.75. The Hall–Kier alpha value is -4.42. The maximum Gasteiger partial charge on any atom is 0.416 e. The molecule has 34 heavy (non-hydrogen) atoms. The Bertz CT molecular complexity index is 1190. The lowest BCUT2D eigenvalue weighted by Crippen LogP contribution is -2.21. The van der Waals surface area contributed by atoms with E-state index in [-0.39, 0.29) is 29.4 Å². The summed E-state index contributed by atoms with van der Waals surface area (Å²) in [5.41, 5.74) is -0.742. The van der Waals surface area contributed by atoms with E-state index in [4.69, 9.17) is 9.47 Å². The smallest absolute Gasteiger partial charge is 0.416 e. The number of nitro benzene ring substituents is 1. The summed E-state index contributed by atoms with van der Waals surface area (Å²) in [4.78, 5) is 34.7. The zero-order valence-electron chi connectivity index (χ0n) is 17.5. The number of nitrogens with zero attached hydrogens (tertiary/aromatic N) is 3. The molecule has 1 heterocycles. The number of rotatable bonds is 8. The Balaban J connectivity index is 1.74. The van der Waals surface area contributed by atoms with Crippen molar-refractivity contribution in [1.29, 1.82) is 0 Å². The quantitative estimate of drug-likeness (QED) is 0.295. The SMILES string of the molecule is CCOC(=O)c1nn(-c2ccc([N+](=O)[O-])cc2)cc1OCC(=O)Nc1ccc(C(F)(F)F)cc1. The van der Waals surface area contributed by atoms with E-state index in [0.717, 1.165) is 24.3 Å². The minimum absolute atomic E-state index is 0.0527. The number of hydrogen-bond acceptors (Lipinski definition) is 7. The van der Waals surface area contributed by atoms with Crippen molar-refractivity contribution in [2.24, 2.45) is 0 Å². The fraction of sp³-hybridized carbons (Fsp3) is 0.190. The first-order valence-corrected chi connectivity index (χ1v) is 9.70. The maximum absolute atomic E-state index is 12.6. The van der Waals surface area contributed by atoms with Gasteiger partial charge in [-0.2, -0.15) is 18.3 Å². The third kappa shape index (κ3) is 5.88. The molecule has 0 aliphatic heterocycles. The molecule has 0 atom stereocenters. The largest absolute Gasteiger partial charge is 0.480 e. The Morgan fingerprint density at radius 1 is 1.12 bits per heavy atom. The molecule has 2 aromatic carbocycles. The van der Waals surface area contributed by atoms with Crippen molar-refractivity contribution in [3.63, 3.8) is 0 Å². The van der Waals surface area contributed by atoms with E-state index in [1.165, 1.54) is 35.1 Å². The topological polar surface area (TPSA) is 126 Å². The first-order chi connectivity index (χ1) is 16.1. The van der Waals surface area contributed by atoms with Gasteiger partial charge in [-0.15, -0.1) is 0 Å². The normalized spacial score (nSPS) is 11.1. The molecule has 10 nitrogen and oxygen atoms in total. The number of esters is 1. The van der Waals surface area contributed by atoms with Gasteiger partial charge in [-0.1, -0.05) is 0 Å². The molecule has 0 saturated heterocycles. The number of carbonyl (C=O) groups is 2. The lowest BCUT2D eigenvalue weighted by Gasteiger charge is -2.09. The summed E-state index contributed by atoms with van der Waals surface area (Å²) >= 11 is 0. The lowest BCUT2D eigenvalue weighted by atomic mass is 10.2. The average molecular weight is 478 g/mol. The van der Waals surface area contributed by atoms with Crippen molar-refractivity contribution in [2.75, 3.05) is 18.5 Å². The van der Waals surface area contributed by atoms with Crippen LogP contribution in [-0.2, 0) is 15.7 Å². The Morgan fingerprint density at radius 2 is 1.76 bits per heavy atom. The van der Waals surface area contributed by atoms with Crippen LogP contribution in [0.4, 0.5) is 24.5 Å². The second kappa shape index (κ2) is 10.0. The third-order valence-corrected chi connectivity index (χ3v) is 4.33. The van der Waals surface area contributed by atoms with E-state index in [1.807, 2.05) is 0 Å². The number of non-ortho nitro benzene ring substituents is 1. The number of halogens is 3. The molecule has 0 saturated carbocycles. The van der Waals surface area contributed by atoms with Gasteiger partial charge in [-0.3, -0.25) is 14.9 Å². The van der Waals surface area contributed by atoms with Crippen molar-refractivity contribution in [1.82, 2.24) is 9.78 Å². The highest BCUT2D eigenvalue weighted by atomic mass is 19.4. The minimum atomic E-state index is -4.50. The van der Waals surface area contributed by atoms with Gasteiger partial charge in [0.05, 0.1) is 29.0 Å². The van der Waals surface area contributed by atoms with Gasteiger partial charge in [0, 0.05) is 17.8 Å². The Morgan fingerprint density at radius 3 is 2.32 bits per heavy atom. The molecule has 1 aromatic heterocycles. The van der Waals surface area contributed by atoms with Crippen molar-refractivity contribution >= 4 is 23.3 Å². The highest BCUT2D eigenvalue weighted by molar-refractivity contribution is 5.93. The number of nitro groups is 1.